The van der Waals surface area contributed by atoms with E-state index in [1.54, 1.807) is 81.4 Å². The van der Waals surface area contributed by atoms with Gasteiger partial charge in [0.25, 0.3) is 0 Å². The number of benzene rings is 2. The van der Waals surface area contributed by atoms with Crippen molar-refractivity contribution >= 4 is 36.6 Å². The van der Waals surface area contributed by atoms with E-state index in [4.69, 9.17) is 18.7 Å². The van der Waals surface area contributed by atoms with Crippen LogP contribution in [0.4, 0.5) is 5.82 Å². The second kappa shape index (κ2) is 15.8. The van der Waals surface area contributed by atoms with Gasteiger partial charge in [-0.25, -0.2) is 34.7 Å². The number of rotatable bonds is 16. The van der Waals surface area contributed by atoms with Crippen molar-refractivity contribution in [3.8, 4) is 0 Å². The van der Waals surface area contributed by atoms with Crippen molar-refractivity contribution in [2.75, 3.05) is 25.1 Å². The predicted molar refractivity (Wildman–Crippen MR) is 189 cm³/mol. The Bertz CT molecular complexity index is 1840. The molecule has 1 saturated carbocycles. The molecule has 0 spiro atoms. The van der Waals surface area contributed by atoms with Crippen molar-refractivity contribution in [2.24, 2.45) is 0 Å². The van der Waals surface area contributed by atoms with Crippen LogP contribution >= 0.6 is 7.67 Å². The molecule has 0 radical (unpaired) electrons. The van der Waals surface area contributed by atoms with E-state index in [0.717, 1.165) is 12.8 Å². The number of hydrogen-bond donors (Lipinski definition) is 5. The van der Waals surface area contributed by atoms with Crippen LogP contribution in [0.15, 0.2) is 67.0 Å². The molecule has 6 rings (SSSR count). The van der Waals surface area contributed by atoms with Crippen LogP contribution in [0.5, 0.6) is 0 Å². The average Bonchev–Trinajstić information content (AvgIpc) is 3.80. The maximum atomic E-state index is 15.0. The van der Waals surface area contributed by atoms with Crippen molar-refractivity contribution < 1.29 is 43.1 Å². The molecule has 1 unspecified atom stereocenters. The molecule has 52 heavy (non-hydrogen) atoms. The first-order chi connectivity index (χ1) is 24.9. The second-order valence-electron chi connectivity index (χ2n) is 12.9. The Morgan fingerprint density at radius 2 is 1.54 bits per heavy atom. The number of anilines is 1. The summed E-state index contributed by atoms with van der Waals surface area (Å²) in [5.74, 6) is -0.458. The number of carbonyl (C=O) groups is 2. The molecular formula is C35H44N7O9P. The summed E-state index contributed by atoms with van der Waals surface area (Å²) >= 11 is 0. The smallest absolute Gasteiger partial charge is 0.342 e. The number of aromatic nitrogens is 4. The van der Waals surface area contributed by atoms with Gasteiger partial charge in [-0.1, -0.05) is 60.7 Å². The zero-order valence-electron chi connectivity index (χ0n) is 29.3. The summed E-state index contributed by atoms with van der Waals surface area (Å²) < 4.78 is 39.4. The molecule has 6 atom stereocenters. The fraction of sp³-hybridized carbons (Fsp3) is 0.457. The topological polar surface area (TPSA) is 208 Å². The molecular weight excluding hydrogens is 693 g/mol. The van der Waals surface area contributed by atoms with E-state index in [1.807, 2.05) is 0 Å². The molecule has 1 aliphatic heterocycles. The largest absolute Gasteiger partial charge is 0.465 e. The Balaban J connectivity index is 1.31. The SMILES string of the molecule is CCOC(=O)[C@@H](NP(=O)(N[C@H](C(=O)OCC)c1ccccc1)OC[C@H]1O[C@@H](n2cnc3c(NC4CC4)nc(C)nc32)C(C)(O)[C@H]1O)c1ccccc1. The highest BCUT2D eigenvalue weighted by Crippen LogP contribution is 2.47. The van der Waals surface area contributed by atoms with Gasteiger partial charge in [0.2, 0.25) is 0 Å². The van der Waals surface area contributed by atoms with E-state index in [1.165, 1.54) is 17.8 Å². The van der Waals surface area contributed by atoms with Gasteiger partial charge in [0.05, 0.1) is 26.1 Å². The summed E-state index contributed by atoms with van der Waals surface area (Å²) in [6.07, 6.45) is -0.515. The number of aryl methyl sites for hydroxylation is 1. The molecule has 3 heterocycles. The number of nitrogens with one attached hydrogen (secondary N) is 3. The van der Waals surface area contributed by atoms with Gasteiger partial charge in [-0.05, 0) is 51.7 Å². The van der Waals surface area contributed by atoms with Crippen molar-refractivity contribution in [1.82, 2.24) is 29.7 Å². The third-order valence-electron chi connectivity index (χ3n) is 8.79. The van der Waals surface area contributed by atoms with Crippen LogP contribution in [0.3, 0.4) is 0 Å². The van der Waals surface area contributed by atoms with E-state index in [2.05, 4.69) is 30.4 Å². The van der Waals surface area contributed by atoms with Crippen LogP contribution in [0.25, 0.3) is 11.2 Å². The van der Waals surface area contributed by atoms with Crippen molar-refractivity contribution in [2.45, 2.75) is 82.7 Å². The lowest BCUT2D eigenvalue weighted by atomic mass is 9.96. The first-order valence-corrected chi connectivity index (χ1v) is 18.8. The third kappa shape index (κ3) is 8.18. The standard InChI is InChI=1S/C35H44N7O9P/c1-5-48-32(44)26(22-13-9-7-10-14-22)40-52(47,41-27(33(45)49-6-2)23-15-11-8-12-16-23)50-19-25-29(43)35(4,46)34(51-25)42-20-36-28-30(39-24-17-18-24)37-21(3)38-31(28)42/h7-16,20,24-27,29,34,43,46H,5-6,17-19H2,1-4H3,(H,37,38,39)(H2,40,41,47)/t25-,26+,27+,29+,34-,35?/m1/s1. The minimum Gasteiger partial charge on any atom is -0.465 e. The van der Waals surface area contributed by atoms with E-state index in [-0.39, 0.29) is 13.2 Å². The van der Waals surface area contributed by atoms with Gasteiger partial charge in [0, 0.05) is 6.04 Å². The molecule has 4 aromatic rings. The molecule has 17 heteroatoms. The fourth-order valence-corrected chi connectivity index (χ4v) is 7.76. The van der Waals surface area contributed by atoms with Gasteiger partial charge in [0.15, 0.2) is 23.2 Å². The zero-order valence-corrected chi connectivity index (χ0v) is 30.2. The lowest BCUT2D eigenvalue weighted by Gasteiger charge is -2.30. The van der Waals surface area contributed by atoms with Gasteiger partial charge < -0.3 is 34.3 Å². The minimum absolute atomic E-state index is 0.0436. The summed E-state index contributed by atoms with van der Waals surface area (Å²) in [7, 11) is -4.50. The Kier molecular flexibility index (Phi) is 11.4. The molecule has 2 aromatic heterocycles. The maximum absolute atomic E-state index is 15.0. The van der Waals surface area contributed by atoms with Gasteiger partial charge in [-0.15, -0.1) is 0 Å². The normalized spacial score (nSPS) is 22.9. The minimum atomic E-state index is -4.50. The number of carbonyl (C=O) groups excluding carboxylic acids is 2. The molecule has 1 aliphatic carbocycles. The van der Waals surface area contributed by atoms with Gasteiger partial charge in [-0.2, -0.15) is 0 Å². The molecule has 16 nitrogen and oxygen atoms in total. The van der Waals surface area contributed by atoms with E-state index in [9.17, 15) is 24.4 Å². The van der Waals surface area contributed by atoms with Gasteiger partial charge in [-0.3, -0.25) is 9.13 Å². The van der Waals surface area contributed by atoms with Crippen molar-refractivity contribution in [1.29, 1.82) is 0 Å². The fourth-order valence-electron chi connectivity index (χ4n) is 6.00. The molecule has 0 amide bonds. The van der Waals surface area contributed by atoms with Crippen LogP contribution in [0.1, 0.15) is 68.9 Å². The Labute approximate surface area is 300 Å². The lowest BCUT2D eigenvalue weighted by Crippen LogP contribution is -2.44. The second-order valence-corrected chi connectivity index (χ2v) is 14.7. The maximum Gasteiger partial charge on any atom is 0.342 e. The number of fused-ring (bicyclic) bond motifs is 1. The number of aliphatic hydroxyl groups excluding tert-OH is 1. The Morgan fingerprint density at radius 3 is 2.06 bits per heavy atom. The molecule has 2 fully saturated rings. The summed E-state index contributed by atoms with van der Waals surface area (Å²) in [5.41, 5.74) is -0.215. The number of esters is 2. The third-order valence-corrected chi connectivity index (χ3v) is 10.5. The first kappa shape index (κ1) is 37.5. The van der Waals surface area contributed by atoms with Crippen LogP contribution < -0.4 is 15.5 Å². The quantitative estimate of drug-likeness (QED) is 0.0822. The molecule has 5 N–H and O–H groups in total. The Hall–Kier alpha value is -4.28. The zero-order chi connectivity index (χ0) is 37.0. The number of imidazole rings is 1. The average molecular weight is 738 g/mol. The molecule has 2 aliphatic rings. The molecule has 0 bridgehead atoms. The number of nitrogens with zero attached hydrogens (tertiary/aromatic N) is 4. The monoisotopic (exact) mass is 737 g/mol. The predicted octanol–water partition coefficient (Wildman–Crippen LogP) is 3.63. The first-order valence-electron chi connectivity index (χ1n) is 17.2. The summed E-state index contributed by atoms with van der Waals surface area (Å²) in [6.45, 7) is 5.95. The summed E-state index contributed by atoms with van der Waals surface area (Å²) in [6, 6.07) is 14.6. The highest BCUT2D eigenvalue weighted by atomic mass is 31.2. The number of hydrogen-bond acceptors (Lipinski definition) is 13. The Morgan fingerprint density at radius 1 is 0.981 bits per heavy atom. The van der Waals surface area contributed by atoms with Crippen molar-refractivity contribution in [3.63, 3.8) is 0 Å². The van der Waals surface area contributed by atoms with Gasteiger partial charge in [0.1, 0.15) is 35.7 Å². The molecule has 1 saturated heterocycles. The number of ether oxygens (including phenoxy) is 3. The van der Waals surface area contributed by atoms with Crippen LogP contribution in [0.2, 0.25) is 0 Å². The van der Waals surface area contributed by atoms with Crippen LogP contribution in [0, 0.1) is 6.92 Å². The van der Waals surface area contributed by atoms with E-state index >= 15 is 0 Å². The van der Waals surface area contributed by atoms with Crippen LogP contribution in [-0.2, 0) is 32.9 Å². The number of aliphatic hydroxyl groups is 2. The van der Waals surface area contributed by atoms with Crippen molar-refractivity contribution in [3.05, 3.63) is 83.9 Å². The highest BCUT2D eigenvalue weighted by molar-refractivity contribution is 7.54. The lowest BCUT2D eigenvalue weighted by molar-refractivity contribution is -0.145. The van der Waals surface area contributed by atoms with E-state index in [0.29, 0.717) is 40.0 Å². The molecule has 278 valence electrons. The van der Waals surface area contributed by atoms with Crippen LogP contribution in [-0.4, -0.2) is 85.3 Å². The summed E-state index contributed by atoms with van der Waals surface area (Å²) in [4.78, 5) is 40.1. The van der Waals surface area contributed by atoms with E-state index < -0.39 is 62.3 Å². The highest BCUT2D eigenvalue weighted by Gasteiger charge is 2.54. The summed E-state index contributed by atoms with van der Waals surface area (Å²) in [5, 5.41) is 32.0. The molecule has 2 aromatic carbocycles. The van der Waals surface area contributed by atoms with Gasteiger partial charge >= 0.3 is 19.6 Å².